The zero-order valence-electron chi connectivity index (χ0n) is 12.1. The van der Waals surface area contributed by atoms with E-state index < -0.39 is 9.85 Å². The maximum Gasteiger partial charge on any atom is 0.293 e. The number of benzene rings is 2. The molecule has 0 aliphatic rings. The lowest BCUT2D eigenvalue weighted by molar-refractivity contribution is -0.384. The molecule has 7 nitrogen and oxygen atoms in total. The summed E-state index contributed by atoms with van der Waals surface area (Å²) in [6, 6.07) is 7.91. The Labute approximate surface area is 125 Å². The molecule has 0 saturated heterocycles. The smallest absolute Gasteiger partial charge is 0.293 e. The van der Waals surface area contributed by atoms with Gasteiger partial charge >= 0.3 is 0 Å². The number of non-ortho nitro benzene ring substituents is 2. The molecular formula is C15H13N3O4. The van der Waals surface area contributed by atoms with Crippen molar-refractivity contribution in [2.45, 2.75) is 20.4 Å². The molecule has 0 radical (unpaired) electrons. The van der Waals surface area contributed by atoms with Crippen LogP contribution in [0, 0.1) is 27.2 Å². The highest BCUT2D eigenvalue weighted by atomic mass is 16.6. The Kier molecular flexibility index (Phi) is 3.05. The summed E-state index contributed by atoms with van der Waals surface area (Å²) in [5.74, 6) is 0. The van der Waals surface area contributed by atoms with Gasteiger partial charge < -0.3 is 4.57 Å². The van der Waals surface area contributed by atoms with Crippen LogP contribution in [0.4, 0.5) is 11.4 Å². The Balaban J connectivity index is 2.56. The van der Waals surface area contributed by atoms with Gasteiger partial charge in [-0.1, -0.05) is 0 Å². The molecule has 0 atom stereocenters. The zero-order valence-corrected chi connectivity index (χ0v) is 12.1. The average Bonchev–Trinajstić information content (AvgIpc) is 2.79. The van der Waals surface area contributed by atoms with Gasteiger partial charge in [0.15, 0.2) is 0 Å². The van der Waals surface area contributed by atoms with E-state index in [2.05, 4.69) is 0 Å². The van der Waals surface area contributed by atoms with Gasteiger partial charge in [-0.3, -0.25) is 20.2 Å². The fourth-order valence-corrected chi connectivity index (χ4v) is 2.93. The molecule has 0 spiro atoms. The summed E-state index contributed by atoms with van der Waals surface area (Å²) in [6.07, 6.45) is 0. The number of aromatic nitrogens is 1. The van der Waals surface area contributed by atoms with Crippen LogP contribution in [0.15, 0.2) is 30.3 Å². The van der Waals surface area contributed by atoms with E-state index in [-0.39, 0.29) is 11.4 Å². The van der Waals surface area contributed by atoms with Crippen LogP contribution in [0.2, 0.25) is 0 Å². The molecule has 2 aromatic carbocycles. The Bertz CT molecular complexity index is 943. The Morgan fingerprint density at radius 3 is 2.36 bits per heavy atom. The van der Waals surface area contributed by atoms with Crippen molar-refractivity contribution in [3.63, 3.8) is 0 Å². The molecule has 3 aromatic rings. The van der Waals surface area contributed by atoms with Gasteiger partial charge in [-0.15, -0.1) is 0 Å². The molecule has 0 N–H and O–H groups in total. The normalized spacial score (nSPS) is 11.2. The van der Waals surface area contributed by atoms with Gasteiger partial charge in [0.2, 0.25) is 0 Å². The van der Waals surface area contributed by atoms with E-state index in [0.717, 1.165) is 11.1 Å². The van der Waals surface area contributed by atoms with E-state index in [1.165, 1.54) is 18.2 Å². The fourth-order valence-electron chi connectivity index (χ4n) is 2.93. The lowest BCUT2D eigenvalue weighted by atomic mass is 10.1. The predicted molar refractivity (Wildman–Crippen MR) is 83.2 cm³/mol. The monoisotopic (exact) mass is 299 g/mol. The SMILES string of the molecule is CCn1c2ccc([N+](=O)[O-])cc2c2cc(C)cc([N+](=O)[O-])c21. The van der Waals surface area contributed by atoms with Gasteiger partial charge in [-0.05, 0) is 31.5 Å². The maximum atomic E-state index is 11.4. The number of rotatable bonds is 3. The van der Waals surface area contributed by atoms with Crippen LogP contribution in [-0.4, -0.2) is 14.4 Å². The maximum absolute atomic E-state index is 11.4. The number of hydrogen-bond donors (Lipinski definition) is 0. The van der Waals surface area contributed by atoms with E-state index in [1.807, 2.05) is 17.6 Å². The van der Waals surface area contributed by atoms with Gasteiger partial charge in [-0.25, -0.2) is 0 Å². The van der Waals surface area contributed by atoms with Crippen LogP contribution < -0.4 is 0 Å². The molecule has 0 aliphatic heterocycles. The predicted octanol–water partition coefficient (Wildman–Crippen LogP) is 3.94. The Hall–Kier alpha value is -2.96. The minimum Gasteiger partial charge on any atom is -0.335 e. The van der Waals surface area contributed by atoms with E-state index in [4.69, 9.17) is 0 Å². The van der Waals surface area contributed by atoms with Crippen molar-refractivity contribution in [1.82, 2.24) is 4.57 Å². The second-order valence-electron chi connectivity index (χ2n) is 5.14. The van der Waals surface area contributed by atoms with Crippen molar-refractivity contribution in [3.05, 3.63) is 56.1 Å². The summed E-state index contributed by atoms with van der Waals surface area (Å²) in [5.41, 5.74) is 2.02. The molecule has 1 heterocycles. The molecule has 0 aliphatic carbocycles. The molecule has 1 aromatic heterocycles. The molecule has 22 heavy (non-hydrogen) atoms. The van der Waals surface area contributed by atoms with Crippen LogP contribution in [0.3, 0.4) is 0 Å². The van der Waals surface area contributed by atoms with Gasteiger partial charge in [-0.2, -0.15) is 0 Å². The standard InChI is InChI=1S/C15H13N3O4/c1-3-16-13-5-4-10(17(19)20)8-11(13)12-6-9(2)7-14(15(12)16)18(21)22/h4-8H,3H2,1-2H3. The number of nitro groups is 2. The largest absolute Gasteiger partial charge is 0.335 e. The van der Waals surface area contributed by atoms with Gasteiger partial charge in [0, 0.05) is 41.0 Å². The molecule has 0 bridgehead atoms. The van der Waals surface area contributed by atoms with Crippen molar-refractivity contribution < 1.29 is 9.85 Å². The summed E-state index contributed by atoms with van der Waals surface area (Å²) in [5, 5.41) is 23.7. The number of hydrogen-bond acceptors (Lipinski definition) is 4. The lowest BCUT2D eigenvalue weighted by Crippen LogP contribution is -1.98. The van der Waals surface area contributed by atoms with Gasteiger partial charge in [0.05, 0.1) is 9.85 Å². The molecule has 0 fully saturated rings. The number of fused-ring (bicyclic) bond motifs is 3. The van der Waals surface area contributed by atoms with E-state index >= 15 is 0 Å². The van der Waals surface area contributed by atoms with Crippen molar-refractivity contribution in [3.8, 4) is 0 Å². The number of nitrogens with zero attached hydrogens (tertiary/aromatic N) is 3. The van der Waals surface area contributed by atoms with Crippen molar-refractivity contribution in [2.24, 2.45) is 0 Å². The van der Waals surface area contributed by atoms with E-state index in [1.54, 1.807) is 13.0 Å². The topological polar surface area (TPSA) is 91.2 Å². The first kappa shape index (κ1) is 14.0. The first-order valence-electron chi connectivity index (χ1n) is 6.79. The van der Waals surface area contributed by atoms with Crippen LogP contribution in [-0.2, 0) is 6.54 Å². The minimum atomic E-state index is -0.460. The van der Waals surface area contributed by atoms with Crippen LogP contribution in [0.5, 0.6) is 0 Å². The highest BCUT2D eigenvalue weighted by Gasteiger charge is 2.22. The fraction of sp³-hybridized carbons (Fsp3) is 0.200. The molecule has 112 valence electrons. The van der Waals surface area contributed by atoms with Gasteiger partial charge in [0.1, 0.15) is 5.52 Å². The first-order valence-corrected chi connectivity index (χ1v) is 6.79. The molecule has 0 unspecified atom stereocenters. The molecular weight excluding hydrogens is 286 g/mol. The van der Waals surface area contributed by atoms with E-state index in [9.17, 15) is 20.2 Å². The minimum absolute atomic E-state index is 0.0215. The second-order valence-corrected chi connectivity index (χ2v) is 5.14. The highest BCUT2D eigenvalue weighted by molar-refractivity contribution is 6.11. The van der Waals surface area contributed by atoms with Crippen molar-refractivity contribution >= 4 is 33.2 Å². The quantitative estimate of drug-likeness (QED) is 0.541. The first-order chi connectivity index (χ1) is 10.4. The van der Waals surface area contributed by atoms with Crippen LogP contribution in [0.1, 0.15) is 12.5 Å². The average molecular weight is 299 g/mol. The Morgan fingerprint density at radius 2 is 1.77 bits per heavy atom. The second kappa shape index (κ2) is 4.80. The summed E-state index contributed by atoms with van der Waals surface area (Å²) in [4.78, 5) is 21.5. The third-order valence-electron chi connectivity index (χ3n) is 3.79. The Morgan fingerprint density at radius 1 is 1.05 bits per heavy atom. The summed E-state index contributed by atoms with van der Waals surface area (Å²) in [6.45, 7) is 4.21. The summed E-state index contributed by atoms with van der Waals surface area (Å²) in [7, 11) is 0. The van der Waals surface area contributed by atoms with Gasteiger partial charge in [0.25, 0.3) is 11.4 Å². The highest BCUT2D eigenvalue weighted by Crippen LogP contribution is 2.37. The number of nitro benzene ring substituents is 2. The van der Waals surface area contributed by atoms with Crippen LogP contribution in [0.25, 0.3) is 21.8 Å². The van der Waals surface area contributed by atoms with Crippen molar-refractivity contribution in [1.29, 1.82) is 0 Å². The van der Waals surface area contributed by atoms with Crippen molar-refractivity contribution in [2.75, 3.05) is 0 Å². The number of aryl methyl sites for hydroxylation is 2. The molecule has 0 saturated carbocycles. The third kappa shape index (κ3) is 1.90. The molecule has 3 rings (SSSR count). The molecule has 7 heteroatoms. The molecule has 0 amide bonds. The zero-order chi connectivity index (χ0) is 16.0. The summed E-state index contributed by atoms with van der Waals surface area (Å²) < 4.78 is 1.83. The van der Waals surface area contributed by atoms with E-state index in [0.29, 0.717) is 22.8 Å². The van der Waals surface area contributed by atoms with Crippen LogP contribution >= 0.6 is 0 Å². The summed E-state index contributed by atoms with van der Waals surface area (Å²) >= 11 is 0. The lowest BCUT2D eigenvalue weighted by Gasteiger charge is -2.04. The third-order valence-corrected chi connectivity index (χ3v) is 3.79.